The molecule has 3 heterocycles. The lowest BCUT2D eigenvalue weighted by Gasteiger charge is -2.36. The summed E-state index contributed by atoms with van der Waals surface area (Å²) in [7, 11) is 0. The van der Waals surface area contributed by atoms with Crippen LogP contribution in [0.1, 0.15) is 19.4 Å². The molecule has 0 amide bonds. The molecule has 8 heteroatoms. The quantitative estimate of drug-likeness (QED) is 0.818. The standard InChI is InChI=1S/C18H21ClN6O/c1-13(2)12-25-17(26)4-3-16(22-25)23-5-7-24(8-6-23)18-15(19)9-14(10-20)11-21-18/h3-4,9,11,13H,5-8,12H2,1-2H3. The Morgan fingerprint density at radius 1 is 1.23 bits per heavy atom. The van der Waals surface area contributed by atoms with Gasteiger partial charge in [0.15, 0.2) is 0 Å². The Labute approximate surface area is 157 Å². The average molecular weight is 373 g/mol. The first-order valence-corrected chi connectivity index (χ1v) is 8.99. The van der Waals surface area contributed by atoms with Gasteiger partial charge in [0.1, 0.15) is 17.7 Å². The SMILES string of the molecule is CC(C)Cn1nc(N2CCN(c3ncc(C#N)cc3Cl)CC2)ccc1=O. The topological polar surface area (TPSA) is 78.1 Å². The Balaban J connectivity index is 1.71. The smallest absolute Gasteiger partial charge is 0.266 e. The maximum atomic E-state index is 11.9. The number of rotatable bonds is 4. The van der Waals surface area contributed by atoms with Gasteiger partial charge in [-0.3, -0.25) is 4.79 Å². The first-order chi connectivity index (χ1) is 12.5. The number of piperazine rings is 1. The number of pyridine rings is 1. The van der Waals surface area contributed by atoms with Gasteiger partial charge in [0.05, 0.1) is 10.6 Å². The summed E-state index contributed by atoms with van der Waals surface area (Å²) < 4.78 is 1.53. The minimum atomic E-state index is -0.0744. The van der Waals surface area contributed by atoms with Crippen molar-refractivity contribution < 1.29 is 0 Å². The van der Waals surface area contributed by atoms with Crippen molar-refractivity contribution in [2.45, 2.75) is 20.4 Å². The molecular weight excluding hydrogens is 352 g/mol. The number of nitriles is 1. The van der Waals surface area contributed by atoms with Gasteiger partial charge in [-0.25, -0.2) is 9.67 Å². The first-order valence-electron chi connectivity index (χ1n) is 8.61. The molecule has 0 saturated carbocycles. The lowest BCUT2D eigenvalue weighted by atomic mass is 10.2. The molecular formula is C18H21ClN6O. The largest absolute Gasteiger partial charge is 0.352 e. The fourth-order valence-electron chi connectivity index (χ4n) is 2.96. The third-order valence-corrected chi connectivity index (χ3v) is 4.52. The van der Waals surface area contributed by atoms with Gasteiger partial charge in [0.2, 0.25) is 0 Å². The summed E-state index contributed by atoms with van der Waals surface area (Å²) in [5, 5.41) is 13.9. The van der Waals surface area contributed by atoms with E-state index in [-0.39, 0.29) is 5.56 Å². The van der Waals surface area contributed by atoms with Gasteiger partial charge in [-0.15, -0.1) is 0 Å². The highest BCUT2D eigenvalue weighted by atomic mass is 35.5. The second-order valence-electron chi connectivity index (χ2n) is 6.72. The normalized spacial score (nSPS) is 14.6. The fraction of sp³-hybridized carbons (Fsp3) is 0.444. The molecule has 2 aromatic heterocycles. The average Bonchev–Trinajstić information content (AvgIpc) is 2.63. The van der Waals surface area contributed by atoms with Crippen LogP contribution in [-0.4, -0.2) is 40.9 Å². The predicted octanol–water partition coefficient (Wildman–Crippen LogP) is 2.15. The molecule has 1 saturated heterocycles. The molecule has 136 valence electrons. The van der Waals surface area contributed by atoms with Crippen LogP contribution in [0.15, 0.2) is 29.2 Å². The van der Waals surface area contributed by atoms with Gasteiger partial charge >= 0.3 is 0 Å². The second kappa shape index (κ2) is 7.75. The zero-order valence-electron chi connectivity index (χ0n) is 14.9. The molecule has 1 aliphatic rings. The van der Waals surface area contributed by atoms with E-state index in [1.54, 1.807) is 18.2 Å². The zero-order chi connectivity index (χ0) is 18.7. The van der Waals surface area contributed by atoms with Crippen LogP contribution in [0.5, 0.6) is 0 Å². The molecule has 0 bridgehead atoms. The van der Waals surface area contributed by atoms with E-state index < -0.39 is 0 Å². The van der Waals surface area contributed by atoms with Crippen molar-refractivity contribution >= 4 is 23.2 Å². The summed E-state index contributed by atoms with van der Waals surface area (Å²) in [4.78, 5) is 20.5. The van der Waals surface area contributed by atoms with Crippen molar-refractivity contribution in [1.29, 1.82) is 5.26 Å². The van der Waals surface area contributed by atoms with Crippen LogP contribution in [0.25, 0.3) is 0 Å². The molecule has 0 aliphatic carbocycles. The third kappa shape index (κ3) is 3.97. The van der Waals surface area contributed by atoms with Crippen molar-refractivity contribution in [1.82, 2.24) is 14.8 Å². The predicted molar refractivity (Wildman–Crippen MR) is 102 cm³/mol. The van der Waals surface area contributed by atoms with Crippen molar-refractivity contribution in [2.75, 3.05) is 36.0 Å². The molecule has 1 fully saturated rings. The molecule has 0 N–H and O–H groups in total. The summed E-state index contributed by atoms with van der Waals surface area (Å²) in [5.74, 6) is 1.86. The van der Waals surface area contributed by atoms with Gasteiger partial charge < -0.3 is 9.80 Å². The van der Waals surface area contributed by atoms with E-state index >= 15 is 0 Å². The van der Waals surface area contributed by atoms with Crippen LogP contribution in [0.2, 0.25) is 5.02 Å². The molecule has 0 unspecified atom stereocenters. The molecule has 2 aromatic rings. The monoisotopic (exact) mass is 372 g/mol. The number of halogens is 1. The zero-order valence-corrected chi connectivity index (χ0v) is 15.6. The van der Waals surface area contributed by atoms with Crippen LogP contribution in [-0.2, 0) is 6.54 Å². The van der Waals surface area contributed by atoms with E-state index in [9.17, 15) is 4.79 Å². The highest BCUT2D eigenvalue weighted by Gasteiger charge is 2.21. The van der Waals surface area contributed by atoms with E-state index in [2.05, 4.69) is 33.7 Å². The summed E-state index contributed by atoms with van der Waals surface area (Å²) in [6, 6.07) is 7.04. The highest BCUT2D eigenvalue weighted by molar-refractivity contribution is 6.33. The highest BCUT2D eigenvalue weighted by Crippen LogP contribution is 2.25. The van der Waals surface area contributed by atoms with Crippen LogP contribution < -0.4 is 15.4 Å². The minimum absolute atomic E-state index is 0.0744. The molecule has 0 radical (unpaired) electrons. The van der Waals surface area contributed by atoms with Gasteiger partial charge in [-0.2, -0.15) is 10.4 Å². The number of nitrogens with zero attached hydrogens (tertiary/aromatic N) is 6. The van der Waals surface area contributed by atoms with E-state index in [0.717, 1.165) is 32.0 Å². The Kier molecular flexibility index (Phi) is 5.43. The Morgan fingerprint density at radius 2 is 1.92 bits per heavy atom. The summed E-state index contributed by atoms with van der Waals surface area (Å²) in [6.07, 6.45) is 1.54. The Morgan fingerprint density at radius 3 is 2.54 bits per heavy atom. The molecule has 7 nitrogen and oxygen atoms in total. The van der Waals surface area contributed by atoms with Crippen LogP contribution in [0.4, 0.5) is 11.6 Å². The van der Waals surface area contributed by atoms with Crippen LogP contribution in [0.3, 0.4) is 0 Å². The van der Waals surface area contributed by atoms with Crippen molar-refractivity contribution in [3.63, 3.8) is 0 Å². The Bertz CT molecular complexity index is 880. The maximum absolute atomic E-state index is 11.9. The summed E-state index contributed by atoms with van der Waals surface area (Å²) in [6.45, 7) is 7.72. The van der Waals surface area contributed by atoms with Crippen molar-refractivity contribution in [2.24, 2.45) is 5.92 Å². The second-order valence-corrected chi connectivity index (χ2v) is 7.13. The van der Waals surface area contributed by atoms with Crippen molar-refractivity contribution in [3.8, 4) is 6.07 Å². The lowest BCUT2D eigenvalue weighted by Crippen LogP contribution is -2.47. The van der Waals surface area contributed by atoms with Gasteiger partial charge in [0.25, 0.3) is 5.56 Å². The molecule has 3 rings (SSSR count). The fourth-order valence-corrected chi connectivity index (χ4v) is 3.24. The molecule has 0 spiro atoms. The maximum Gasteiger partial charge on any atom is 0.266 e. The van der Waals surface area contributed by atoms with E-state index in [0.29, 0.717) is 28.9 Å². The van der Waals surface area contributed by atoms with Crippen molar-refractivity contribution in [3.05, 3.63) is 45.3 Å². The number of aromatic nitrogens is 3. The van der Waals surface area contributed by atoms with E-state index in [1.807, 2.05) is 6.07 Å². The summed E-state index contributed by atoms with van der Waals surface area (Å²) in [5.41, 5.74) is 0.378. The van der Waals surface area contributed by atoms with E-state index in [1.165, 1.54) is 10.9 Å². The van der Waals surface area contributed by atoms with E-state index in [4.69, 9.17) is 16.9 Å². The van der Waals surface area contributed by atoms with Gasteiger partial charge in [-0.05, 0) is 18.1 Å². The molecule has 26 heavy (non-hydrogen) atoms. The van der Waals surface area contributed by atoms with Gasteiger partial charge in [0, 0.05) is 45.0 Å². The first kappa shape index (κ1) is 18.2. The third-order valence-electron chi connectivity index (χ3n) is 4.24. The number of hydrogen-bond acceptors (Lipinski definition) is 6. The lowest BCUT2D eigenvalue weighted by molar-refractivity contribution is 0.461. The van der Waals surface area contributed by atoms with Crippen LogP contribution in [0, 0.1) is 17.2 Å². The Hall–Kier alpha value is -2.59. The molecule has 0 aromatic carbocycles. The molecule has 0 atom stereocenters. The van der Waals surface area contributed by atoms with Gasteiger partial charge in [-0.1, -0.05) is 25.4 Å². The number of anilines is 2. The van der Waals surface area contributed by atoms with Crippen LogP contribution >= 0.6 is 11.6 Å². The molecule has 1 aliphatic heterocycles. The minimum Gasteiger partial charge on any atom is -0.352 e. The number of hydrogen-bond donors (Lipinski definition) is 0. The summed E-state index contributed by atoms with van der Waals surface area (Å²) >= 11 is 6.26.